The molecule has 162 valence electrons. The molecular formula is C26H24N2O4. The molecule has 3 aromatic carbocycles. The van der Waals surface area contributed by atoms with E-state index in [-0.39, 0.29) is 11.6 Å². The molecule has 2 amide bonds. The molecule has 6 heteroatoms. The molecule has 3 aromatic rings. The maximum absolute atomic E-state index is 13.5. The van der Waals surface area contributed by atoms with E-state index in [4.69, 9.17) is 9.47 Å². The number of carbonyl (C=O) groups excluding carboxylic acids is 2. The van der Waals surface area contributed by atoms with Crippen LogP contribution < -0.4 is 19.7 Å². The molecule has 0 spiro atoms. The monoisotopic (exact) mass is 428 g/mol. The van der Waals surface area contributed by atoms with Crippen molar-refractivity contribution in [1.82, 2.24) is 0 Å². The summed E-state index contributed by atoms with van der Waals surface area (Å²) in [6, 6.07) is 21.7. The van der Waals surface area contributed by atoms with E-state index in [2.05, 4.69) is 5.32 Å². The van der Waals surface area contributed by atoms with Crippen LogP contribution in [0.25, 0.3) is 5.57 Å². The Morgan fingerprint density at radius 3 is 2.03 bits per heavy atom. The predicted octanol–water partition coefficient (Wildman–Crippen LogP) is 4.80. The molecule has 1 aliphatic heterocycles. The van der Waals surface area contributed by atoms with Crippen molar-refractivity contribution in [3.63, 3.8) is 0 Å². The number of nitrogens with zero attached hydrogens (tertiary/aromatic N) is 1. The first kappa shape index (κ1) is 21.2. The Hall–Kier alpha value is -4.06. The second-order valence-corrected chi connectivity index (χ2v) is 7.34. The largest absolute Gasteiger partial charge is 0.497 e. The quantitative estimate of drug-likeness (QED) is 0.548. The third-order valence-corrected chi connectivity index (χ3v) is 5.19. The van der Waals surface area contributed by atoms with Gasteiger partial charge in [-0.2, -0.15) is 0 Å². The van der Waals surface area contributed by atoms with Crippen molar-refractivity contribution in [3.8, 4) is 11.5 Å². The Morgan fingerprint density at radius 1 is 0.812 bits per heavy atom. The number of amides is 2. The highest BCUT2D eigenvalue weighted by Crippen LogP contribution is 2.34. The summed E-state index contributed by atoms with van der Waals surface area (Å²) in [6.45, 7) is 4.41. The molecule has 32 heavy (non-hydrogen) atoms. The van der Waals surface area contributed by atoms with E-state index in [0.29, 0.717) is 40.6 Å². The number of anilines is 2. The molecule has 0 saturated carbocycles. The number of methoxy groups -OCH3 is 1. The van der Waals surface area contributed by atoms with E-state index in [9.17, 15) is 9.59 Å². The van der Waals surface area contributed by atoms with Crippen molar-refractivity contribution >= 4 is 28.8 Å². The minimum absolute atomic E-state index is 0.227. The molecule has 1 aliphatic rings. The van der Waals surface area contributed by atoms with E-state index in [1.54, 1.807) is 67.8 Å². The number of carbonyl (C=O) groups is 2. The number of benzene rings is 3. The zero-order valence-corrected chi connectivity index (χ0v) is 18.2. The lowest BCUT2D eigenvalue weighted by molar-refractivity contribution is -0.120. The highest BCUT2D eigenvalue weighted by Gasteiger charge is 2.40. The number of hydrogen-bond acceptors (Lipinski definition) is 5. The van der Waals surface area contributed by atoms with Crippen LogP contribution in [0.2, 0.25) is 0 Å². The topological polar surface area (TPSA) is 67.9 Å². The van der Waals surface area contributed by atoms with Gasteiger partial charge in [0.25, 0.3) is 11.8 Å². The van der Waals surface area contributed by atoms with Gasteiger partial charge in [-0.25, -0.2) is 4.90 Å². The lowest BCUT2D eigenvalue weighted by atomic mass is 10.0. The van der Waals surface area contributed by atoms with Crippen LogP contribution in [0.1, 0.15) is 18.1 Å². The number of rotatable bonds is 7. The molecule has 0 unspecified atom stereocenters. The third-order valence-electron chi connectivity index (χ3n) is 5.19. The minimum Gasteiger partial charge on any atom is -0.497 e. The first-order valence-electron chi connectivity index (χ1n) is 10.4. The van der Waals surface area contributed by atoms with Gasteiger partial charge in [-0.05, 0) is 67.9 Å². The molecule has 6 nitrogen and oxygen atoms in total. The standard InChI is InChI=1S/C26H24N2O4/c1-4-32-22-13-7-18(8-14-22)23-24(27-19-9-15-21(31-3)16-10-19)26(30)28(25(23)29)20-11-5-17(2)6-12-20/h5-16,27H,4H2,1-3H3. The first-order valence-corrected chi connectivity index (χ1v) is 10.4. The second-order valence-electron chi connectivity index (χ2n) is 7.34. The fourth-order valence-corrected chi connectivity index (χ4v) is 3.55. The van der Waals surface area contributed by atoms with Gasteiger partial charge in [0, 0.05) is 5.69 Å². The van der Waals surface area contributed by atoms with Crippen molar-refractivity contribution in [3.05, 3.63) is 89.6 Å². The van der Waals surface area contributed by atoms with Gasteiger partial charge in [0.2, 0.25) is 0 Å². The summed E-state index contributed by atoms with van der Waals surface area (Å²) in [5, 5.41) is 3.15. The average Bonchev–Trinajstić information content (AvgIpc) is 3.05. The van der Waals surface area contributed by atoms with Gasteiger partial charge in [-0.15, -0.1) is 0 Å². The normalized spacial score (nSPS) is 13.5. The molecule has 0 aromatic heterocycles. The average molecular weight is 428 g/mol. The Labute approximate surface area is 187 Å². The van der Waals surface area contributed by atoms with Crippen LogP contribution in [0.4, 0.5) is 11.4 Å². The molecule has 0 atom stereocenters. The third kappa shape index (κ3) is 4.07. The summed E-state index contributed by atoms with van der Waals surface area (Å²) < 4.78 is 10.7. The van der Waals surface area contributed by atoms with E-state index in [1.807, 2.05) is 26.0 Å². The SMILES string of the molecule is CCOc1ccc(C2=C(Nc3ccc(OC)cc3)C(=O)N(c3ccc(C)cc3)C2=O)cc1. The van der Waals surface area contributed by atoms with Gasteiger partial charge in [-0.1, -0.05) is 29.8 Å². The Kier molecular flexibility index (Phi) is 5.94. The van der Waals surface area contributed by atoms with Crippen molar-refractivity contribution in [2.45, 2.75) is 13.8 Å². The lowest BCUT2D eigenvalue weighted by Crippen LogP contribution is -2.32. The smallest absolute Gasteiger partial charge is 0.282 e. The summed E-state index contributed by atoms with van der Waals surface area (Å²) in [5.74, 6) is 0.623. The molecule has 1 heterocycles. The van der Waals surface area contributed by atoms with Gasteiger partial charge in [0.1, 0.15) is 17.2 Å². The summed E-state index contributed by atoms with van der Waals surface area (Å²) in [5.41, 5.74) is 3.43. The van der Waals surface area contributed by atoms with Crippen molar-refractivity contribution in [2.24, 2.45) is 0 Å². The lowest BCUT2D eigenvalue weighted by Gasteiger charge is -2.15. The molecule has 0 fully saturated rings. The molecule has 0 bridgehead atoms. The van der Waals surface area contributed by atoms with E-state index in [1.165, 1.54) is 4.90 Å². The Morgan fingerprint density at radius 2 is 1.44 bits per heavy atom. The van der Waals surface area contributed by atoms with Crippen LogP contribution in [0, 0.1) is 6.92 Å². The van der Waals surface area contributed by atoms with Crippen molar-refractivity contribution in [1.29, 1.82) is 0 Å². The summed E-state index contributed by atoms with van der Waals surface area (Å²) in [4.78, 5) is 28.1. The van der Waals surface area contributed by atoms with Gasteiger partial charge in [0.05, 0.1) is 25.0 Å². The Bertz CT molecular complexity index is 1160. The van der Waals surface area contributed by atoms with Crippen LogP contribution in [-0.2, 0) is 9.59 Å². The van der Waals surface area contributed by atoms with E-state index < -0.39 is 5.91 Å². The van der Waals surface area contributed by atoms with Crippen LogP contribution in [-0.4, -0.2) is 25.5 Å². The maximum atomic E-state index is 13.5. The zero-order chi connectivity index (χ0) is 22.7. The zero-order valence-electron chi connectivity index (χ0n) is 18.2. The van der Waals surface area contributed by atoms with Gasteiger partial charge < -0.3 is 14.8 Å². The van der Waals surface area contributed by atoms with Crippen LogP contribution in [0.15, 0.2) is 78.5 Å². The van der Waals surface area contributed by atoms with Gasteiger partial charge in [-0.3, -0.25) is 9.59 Å². The number of ether oxygens (including phenoxy) is 2. The van der Waals surface area contributed by atoms with Gasteiger partial charge in [0.15, 0.2) is 0 Å². The number of imide groups is 1. The van der Waals surface area contributed by atoms with Crippen LogP contribution in [0.3, 0.4) is 0 Å². The summed E-state index contributed by atoms with van der Waals surface area (Å²) in [6.07, 6.45) is 0. The molecule has 0 radical (unpaired) electrons. The first-order chi connectivity index (χ1) is 15.5. The van der Waals surface area contributed by atoms with Crippen LogP contribution >= 0.6 is 0 Å². The molecule has 0 saturated heterocycles. The number of hydrogen-bond donors (Lipinski definition) is 1. The van der Waals surface area contributed by atoms with Crippen molar-refractivity contribution < 1.29 is 19.1 Å². The van der Waals surface area contributed by atoms with E-state index in [0.717, 1.165) is 5.56 Å². The molecular weight excluding hydrogens is 404 g/mol. The summed E-state index contributed by atoms with van der Waals surface area (Å²) >= 11 is 0. The molecule has 4 rings (SSSR count). The van der Waals surface area contributed by atoms with Crippen molar-refractivity contribution in [2.75, 3.05) is 23.9 Å². The minimum atomic E-state index is -0.404. The number of nitrogens with one attached hydrogen (secondary N) is 1. The highest BCUT2D eigenvalue weighted by atomic mass is 16.5. The molecule has 1 N–H and O–H groups in total. The summed E-state index contributed by atoms with van der Waals surface area (Å²) in [7, 11) is 1.59. The van der Waals surface area contributed by atoms with Crippen LogP contribution in [0.5, 0.6) is 11.5 Å². The predicted molar refractivity (Wildman–Crippen MR) is 125 cm³/mol. The van der Waals surface area contributed by atoms with E-state index >= 15 is 0 Å². The Balaban J connectivity index is 1.76. The fourth-order valence-electron chi connectivity index (χ4n) is 3.55. The second kappa shape index (κ2) is 8.98. The fraction of sp³-hybridized carbons (Fsp3) is 0.154. The van der Waals surface area contributed by atoms with Gasteiger partial charge >= 0.3 is 0 Å². The highest BCUT2D eigenvalue weighted by molar-refractivity contribution is 6.46. The maximum Gasteiger partial charge on any atom is 0.282 e. The number of aryl methyl sites for hydroxylation is 1. The molecule has 0 aliphatic carbocycles.